The number of carbonyl (C=O) groups is 1. The number of rotatable bonds is 5. The van der Waals surface area contributed by atoms with Crippen LogP contribution in [-0.2, 0) is 4.79 Å². The normalized spacial score (nSPS) is 11.8. The smallest absolute Gasteiger partial charge is 0.331 e. The number of phenolic OH excluding ortho intramolecular Hbond substituents is 1. The Morgan fingerprint density at radius 2 is 1.85 bits per heavy atom. The SMILES string of the molecule is CCN(c1ccccc1)C(C(=O)O)c1cccc(O)c1. The Kier molecular flexibility index (Phi) is 4.25. The fraction of sp³-hybridized carbons (Fsp3) is 0.188. The lowest BCUT2D eigenvalue weighted by atomic mass is 10.0. The van der Waals surface area contributed by atoms with E-state index in [1.807, 2.05) is 37.3 Å². The predicted octanol–water partition coefficient (Wildman–Crippen LogP) is 3.04. The van der Waals surface area contributed by atoms with Gasteiger partial charge in [0.1, 0.15) is 5.75 Å². The Balaban J connectivity index is 2.44. The molecule has 2 aromatic rings. The molecule has 0 aromatic heterocycles. The minimum absolute atomic E-state index is 0.0675. The molecule has 0 saturated carbocycles. The van der Waals surface area contributed by atoms with E-state index in [2.05, 4.69) is 0 Å². The van der Waals surface area contributed by atoms with Crippen molar-refractivity contribution in [3.63, 3.8) is 0 Å². The molecule has 4 heteroatoms. The molecular formula is C16H17NO3. The summed E-state index contributed by atoms with van der Waals surface area (Å²) in [5, 5.41) is 19.1. The summed E-state index contributed by atoms with van der Waals surface area (Å²) in [7, 11) is 0. The van der Waals surface area contributed by atoms with Gasteiger partial charge in [0.2, 0.25) is 0 Å². The largest absolute Gasteiger partial charge is 0.508 e. The number of aliphatic carboxylic acids is 1. The van der Waals surface area contributed by atoms with Crippen LogP contribution in [0.2, 0.25) is 0 Å². The van der Waals surface area contributed by atoms with Crippen molar-refractivity contribution in [1.29, 1.82) is 0 Å². The van der Waals surface area contributed by atoms with E-state index in [0.717, 1.165) is 5.69 Å². The first-order valence-electron chi connectivity index (χ1n) is 6.47. The summed E-state index contributed by atoms with van der Waals surface area (Å²) in [6.45, 7) is 2.46. The molecule has 0 aliphatic carbocycles. The van der Waals surface area contributed by atoms with E-state index >= 15 is 0 Å². The van der Waals surface area contributed by atoms with Gasteiger partial charge in [-0.05, 0) is 36.8 Å². The molecular weight excluding hydrogens is 254 g/mol. The second-order valence-electron chi connectivity index (χ2n) is 4.46. The molecule has 0 fully saturated rings. The molecule has 0 saturated heterocycles. The number of nitrogens with zero attached hydrogens (tertiary/aromatic N) is 1. The monoisotopic (exact) mass is 271 g/mol. The minimum Gasteiger partial charge on any atom is -0.508 e. The standard InChI is InChI=1S/C16H17NO3/c1-2-17(13-8-4-3-5-9-13)15(16(19)20)12-7-6-10-14(18)11-12/h3-11,15,18H,2H2,1H3,(H,19,20). The second kappa shape index (κ2) is 6.10. The molecule has 4 nitrogen and oxygen atoms in total. The molecule has 0 amide bonds. The van der Waals surface area contributed by atoms with E-state index < -0.39 is 12.0 Å². The number of anilines is 1. The van der Waals surface area contributed by atoms with Crippen LogP contribution in [-0.4, -0.2) is 22.7 Å². The quantitative estimate of drug-likeness (QED) is 0.877. The van der Waals surface area contributed by atoms with Crippen LogP contribution < -0.4 is 4.90 Å². The highest BCUT2D eigenvalue weighted by atomic mass is 16.4. The third-order valence-corrected chi connectivity index (χ3v) is 3.16. The van der Waals surface area contributed by atoms with Crippen molar-refractivity contribution in [2.75, 3.05) is 11.4 Å². The zero-order valence-corrected chi connectivity index (χ0v) is 11.2. The Labute approximate surface area is 117 Å². The summed E-state index contributed by atoms with van der Waals surface area (Å²) in [6.07, 6.45) is 0. The van der Waals surface area contributed by atoms with E-state index in [4.69, 9.17) is 0 Å². The third-order valence-electron chi connectivity index (χ3n) is 3.16. The van der Waals surface area contributed by atoms with Gasteiger partial charge in [0.25, 0.3) is 0 Å². The summed E-state index contributed by atoms with van der Waals surface area (Å²) < 4.78 is 0. The van der Waals surface area contributed by atoms with E-state index in [0.29, 0.717) is 12.1 Å². The summed E-state index contributed by atoms with van der Waals surface area (Å²) >= 11 is 0. The number of benzene rings is 2. The highest BCUT2D eigenvalue weighted by molar-refractivity contribution is 5.80. The molecule has 20 heavy (non-hydrogen) atoms. The average molecular weight is 271 g/mol. The van der Waals surface area contributed by atoms with E-state index in [1.54, 1.807) is 17.0 Å². The molecule has 0 aliphatic heterocycles. The fourth-order valence-corrected chi connectivity index (χ4v) is 2.28. The van der Waals surface area contributed by atoms with Crippen LogP contribution in [0.15, 0.2) is 54.6 Å². The van der Waals surface area contributed by atoms with Gasteiger partial charge in [-0.15, -0.1) is 0 Å². The number of hydrogen-bond donors (Lipinski definition) is 2. The van der Waals surface area contributed by atoms with Crippen molar-refractivity contribution < 1.29 is 15.0 Å². The second-order valence-corrected chi connectivity index (χ2v) is 4.46. The number of aromatic hydroxyl groups is 1. The van der Waals surface area contributed by atoms with Crippen molar-refractivity contribution >= 4 is 11.7 Å². The van der Waals surface area contributed by atoms with Gasteiger partial charge in [-0.25, -0.2) is 4.79 Å². The molecule has 104 valence electrons. The third kappa shape index (κ3) is 2.91. The van der Waals surface area contributed by atoms with Crippen LogP contribution in [0.1, 0.15) is 18.5 Å². The highest BCUT2D eigenvalue weighted by Crippen LogP contribution is 2.28. The Morgan fingerprint density at radius 3 is 2.40 bits per heavy atom. The van der Waals surface area contributed by atoms with Gasteiger partial charge in [-0.3, -0.25) is 0 Å². The number of carboxylic acids is 1. The number of hydrogen-bond acceptors (Lipinski definition) is 3. The maximum absolute atomic E-state index is 11.7. The molecule has 0 spiro atoms. The molecule has 1 unspecified atom stereocenters. The van der Waals surface area contributed by atoms with Crippen LogP contribution in [0.4, 0.5) is 5.69 Å². The lowest BCUT2D eigenvalue weighted by Gasteiger charge is -2.30. The Morgan fingerprint density at radius 1 is 1.15 bits per heavy atom. The molecule has 2 aromatic carbocycles. The molecule has 2 rings (SSSR count). The van der Waals surface area contributed by atoms with Gasteiger partial charge in [0.15, 0.2) is 6.04 Å². The molecule has 0 bridgehead atoms. The van der Waals surface area contributed by atoms with Gasteiger partial charge in [0.05, 0.1) is 0 Å². The highest BCUT2D eigenvalue weighted by Gasteiger charge is 2.26. The van der Waals surface area contributed by atoms with Crippen LogP contribution in [0.25, 0.3) is 0 Å². The lowest BCUT2D eigenvalue weighted by Crippen LogP contribution is -2.34. The van der Waals surface area contributed by atoms with Crippen molar-refractivity contribution in [3.05, 3.63) is 60.2 Å². The van der Waals surface area contributed by atoms with Crippen molar-refractivity contribution in [3.8, 4) is 5.75 Å². The molecule has 0 heterocycles. The molecule has 0 aliphatic rings. The van der Waals surface area contributed by atoms with Gasteiger partial charge in [0, 0.05) is 12.2 Å². The molecule has 0 radical (unpaired) electrons. The number of phenols is 1. The van der Waals surface area contributed by atoms with E-state index in [9.17, 15) is 15.0 Å². The minimum atomic E-state index is -0.943. The first-order valence-corrected chi connectivity index (χ1v) is 6.47. The maximum Gasteiger partial charge on any atom is 0.331 e. The van der Waals surface area contributed by atoms with E-state index in [-0.39, 0.29) is 5.75 Å². The Hall–Kier alpha value is -2.49. The van der Waals surface area contributed by atoms with Crippen molar-refractivity contribution in [2.45, 2.75) is 13.0 Å². The topological polar surface area (TPSA) is 60.8 Å². The number of para-hydroxylation sites is 1. The zero-order valence-electron chi connectivity index (χ0n) is 11.2. The Bertz CT molecular complexity index is 583. The molecule has 1 atom stereocenters. The maximum atomic E-state index is 11.7. The van der Waals surface area contributed by atoms with Gasteiger partial charge >= 0.3 is 5.97 Å². The van der Waals surface area contributed by atoms with Crippen molar-refractivity contribution in [2.24, 2.45) is 0 Å². The lowest BCUT2D eigenvalue weighted by molar-refractivity contribution is -0.138. The van der Waals surface area contributed by atoms with Crippen LogP contribution >= 0.6 is 0 Å². The van der Waals surface area contributed by atoms with Gasteiger partial charge in [-0.2, -0.15) is 0 Å². The first-order chi connectivity index (χ1) is 9.63. The molecule has 2 N–H and O–H groups in total. The van der Waals surface area contributed by atoms with Crippen LogP contribution in [0.5, 0.6) is 5.75 Å². The van der Waals surface area contributed by atoms with Crippen LogP contribution in [0, 0.1) is 0 Å². The summed E-state index contributed by atoms with van der Waals surface area (Å²) in [6, 6.07) is 15.0. The summed E-state index contributed by atoms with van der Waals surface area (Å²) in [5.74, 6) is -0.876. The first kappa shape index (κ1) is 13.9. The zero-order chi connectivity index (χ0) is 14.5. The summed E-state index contributed by atoms with van der Waals surface area (Å²) in [4.78, 5) is 13.5. The number of carboxylic acid groups (broad SMARTS) is 1. The summed E-state index contributed by atoms with van der Waals surface area (Å²) in [5.41, 5.74) is 1.40. The number of likely N-dealkylation sites (N-methyl/N-ethyl adjacent to an activating group) is 1. The fourth-order valence-electron chi connectivity index (χ4n) is 2.28. The average Bonchev–Trinajstić information content (AvgIpc) is 2.45. The predicted molar refractivity (Wildman–Crippen MR) is 77.9 cm³/mol. The van der Waals surface area contributed by atoms with Crippen LogP contribution in [0.3, 0.4) is 0 Å². The van der Waals surface area contributed by atoms with Gasteiger partial charge in [-0.1, -0.05) is 30.3 Å². The van der Waals surface area contributed by atoms with Crippen molar-refractivity contribution in [1.82, 2.24) is 0 Å². The van der Waals surface area contributed by atoms with Gasteiger partial charge < -0.3 is 15.1 Å². The van der Waals surface area contributed by atoms with E-state index in [1.165, 1.54) is 12.1 Å².